The molecule has 0 aromatic heterocycles. The predicted molar refractivity (Wildman–Crippen MR) is 87.9 cm³/mol. The summed E-state index contributed by atoms with van der Waals surface area (Å²) in [4.78, 5) is 28.8. The molecule has 3 aliphatic rings. The van der Waals surface area contributed by atoms with Crippen molar-refractivity contribution in [1.29, 1.82) is 0 Å². The van der Waals surface area contributed by atoms with Crippen LogP contribution < -0.4 is 9.64 Å². The topological polar surface area (TPSA) is 59.1 Å². The second kappa shape index (κ2) is 5.86. The molecule has 0 spiro atoms. The smallest absolute Gasteiger partial charge is 0.240 e. The highest BCUT2D eigenvalue weighted by Crippen LogP contribution is 2.49. The molecule has 6 heteroatoms. The van der Waals surface area contributed by atoms with Crippen LogP contribution in [0.4, 0.5) is 5.69 Å². The minimum Gasteiger partial charge on any atom is -0.492 e. The van der Waals surface area contributed by atoms with Gasteiger partial charge in [-0.3, -0.25) is 9.59 Å². The van der Waals surface area contributed by atoms with E-state index in [1.54, 1.807) is 12.1 Å². The average molecular weight is 330 g/mol. The molecule has 0 radical (unpaired) electrons. The maximum absolute atomic E-state index is 12.7. The second-order valence-electron chi connectivity index (χ2n) is 7.00. The van der Waals surface area contributed by atoms with Gasteiger partial charge in [-0.05, 0) is 51.2 Å². The summed E-state index contributed by atoms with van der Waals surface area (Å²) in [7, 11) is 3.98. The fraction of sp³-hybridized carbons (Fsp3) is 0.556. The summed E-state index contributed by atoms with van der Waals surface area (Å²) >= 11 is 0. The summed E-state index contributed by atoms with van der Waals surface area (Å²) < 4.78 is 11.4. The van der Waals surface area contributed by atoms with Crippen molar-refractivity contribution in [3.63, 3.8) is 0 Å². The summed E-state index contributed by atoms with van der Waals surface area (Å²) in [5.41, 5.74) is 0.624. The largest absolute Gasteiger partial charge is 0.492 e. The maximum Gasteiger partial charge on any atom is 0.240 e. The van der Waals surface area contributed by atoms with Crippen molar-refractivity contribution in [3.05, 3.63) is 24.3 Å². The molecule has 0 saturated carbocycles. The van der Waals surface area contributed by atoms with Gasteiger partial charge in [0.05, 0.1) is 29.7 Å². The first-order chi connectivity index (χ1) is 11.6. The first kappa shape index (κ1) is 15.6. The molecule has 0 unspecified atom stereocenters. The molecule has 6 nitrogen and oxygen atoms in total. The van der Waals surface area contributed by atoms with Gasteiger partial charge in [-0.2, -0.15) is 0 Å². The van der Waals surface area contributed by atoms with E-state index in [9.17, 15) is 9.59 Å². The Bertz CT molecular complexity index is 629. The van der Waals surface area contributed by atoms with E-state index in [1.165, 1.54) is 4.90 Å². The molecule has 1 aromatic carbocycles. The third-order valence-corrected chi connectivity index (χ3v) is 5.19. The average Bonchev–Trinajstić information content (AvgIpc) is 3.22. The van der Waals surface area contributed by atoms with Crippen LogP contribution in [-0.2, 0) is 14.3 Å². The van der Waals surface area contributed by atoms with Crippen LogP contribution in [0.3, 0.4) is 0 Å². The molecule has 2 bridgehead atoms. The Hall–Kier alpha value is -1.92. The highest BCUT2D eigenvalue weighted by Gasteiger charge is 2.62. The normalized spacial score (nSPS) is 31.2. The summed E-state index contributed by atoms with van der Waals surface area (Å²) in [5.74, 6) is -0.0558. The van der Waals surface area contributed by atoms with Gasteiger partial charge in [0.1, 0.15) is 12.4 Å². The standard InChI is InChI=1S/C18H22N2O4/c1-19(2)9-10-23-12-5-3-11(4-6-12)20-17(21)15-13-7-8-14(24-13)16(15)18(20)22/h3-6,13-16H,7-10H2,1-2H3/t13-,14+,15-,16+. The number of hydrogen-bond donors (Lipinski definition) is 0. The van der Waals surface area contributed by atoms with Crippen LogP contribution in [0, 0.1) is 11.8 Å². The lowest BCUT2D eigenvalue weighted by atomic mass is 9.81. The number of fused-ring (bicyclic) bond motifs is 5. The molecule has 3 aliphatic heterocycles. The molecule has 0 N–H and O–H groups in total. The number of carbonyl (C=O) groups excluding carboxylic acids is 2. The van der Waals surface area contributed by atoms with E-state index in [2.05, 4.69) is 0 Å². The predicted octanol–water partition coefficient (Wildman–Crippen LogP) is 1.29. The van der Waals surface area contributed by atoms with Crippen molar-refractivity contribution < 1.29 is 19.1 Å². The molecule has 128 valence electrons. The summed E-state index contributed by atoms with van der Waals surface area (Å²) in [6, 6.07) is 7.19. The van der Waals surface area contributed by atoms with Gasteiger partial charge < -0.3 is 14.4 Å². The fourth-order valence-corrected chi connectivity index (χ4v) is 4.00. The number of rotatable bonds is 5. The molecule has 2 amide bonds. The third kappa shape index (κ3) is 2.41. The Labute approximate surface area is 141 Å². The van der Waals surface area contributed by atoms with Crippen LogP contribution in [-0.4, -0.2) is 56.2 Å². The van der Waals surface area contributed by atoms with Crippen LogP contribution in [0.2, 0.25) is 0 Å². The third-order valence-electron chi connectivity index (χ3n) is 5.19. The number of anilines is 1. The van der Waals surface area contributed by atoms with E-state index >= 15 is 0 Å². The van der Waals surface area contributed by atoms with Crippen molar-refractivity contribution in [2.45, 2.75) is 25.0 Å². The van der Waals surface area contributed by atoms with Gasteiger partial charge in [0.2, 0.25) is 11.8 Å². The van der Waals surface area contributed by atoms with E-state index in [4.69, 9.17) is 9.47 Å². The molecule has 24 heavy (non-hydrogen) atoms. The van der Waals surface area contributed by atoms with Crippen molar-refractivity contribution in [2.75, 3.05) is 32.1 Å². The molecule has 4 rings (SSSR count). The minimum atomic E-state index is -0.285. The van der Waals surface area contributed by atoms with Gasteiger partial charge in [0, 0.05) is 6.54 Å². The van der Waals surface area contributed by atoms with Gasteiger partial charge >= 0.3 is 0 Å². The number of benzene rings is 1. The maximum atomic E-state index is 12.7. The summed E-state index contributed by atoms with van der Waals surface area (Å²) in [6.07, 6.45) is 1.62. The Morgan fingerprint density at radius 1 is 1.08 bits per heavy atom. The van der Waals surface area contributed by atoms with Gasteiger partial charge in [-0.1, -0.05) is 0 Å². The number of likely N-dealkylation sites (N-methyl/N-ethyl adjacent to an activating group) is 1. The zero-order valence-corrected chi connectivity index (χ0v) is 14.0. The minimum absolute atomic E-state index is 0.0740. The van der Waals surface area contributed by atoms with Crippen molar-refractivity contribution in [3.8, 4) is 5.75 Å². The number of hydrogen-bond acceptors (Lipinski definition) is 5. The number of amides is 2. The summed E-state index contributed by atoms with van der Waals surface area (Å²) in [5, 5.41) is 0. The number of carbonyl (C=O) groups is 2. The van der Waals surface area contributed by atoms with E-state index in [0.29, 0.717) is 12.3 Å². The number of imide groups is 1. The Balaban J connectivity index is 1.48. The Morgan fingerprint density at radius 3 is 2.21 bits per heavy atom. The lowest BCUT2D eigenvalue weighted by molar-refractivity contribution is -0.124. The highest BCUT2D eigenvalue weighted by atomic mass is 16.5. The SMILES string of the molecule is CN(C)CCOc1ccc(N2C(=O)[C@@H]3[C@H](C2=O)[C@H]2CC[C@@H]3O2)cc1. The quantitative estimate of drug-likeness (QED) is 0.762. The van der Waals surface area contributed by atoms with Crippen molar-refractivity contribution >= 4 is 17.5 Å². The van der Waals surface area contributed by atoms with Crippen molar-refractivity contribution in [1.82, 2.24) is 4.90 Å². The molecule has 3 fully saturated rings. The molecule has 0 aliphatic carbocycles. The van der Waals surface area contributed by atoms with E-state index in [1.807, 2.05) is 31.1 Å². The van der Waals surface area contributed by atoms with Crippen LogP contribution in [0.1, 0.15) is 12.8 Å². The number of nitrogens with zero attached hydrogens (tertiary/aromatic N) is 2. The van der Waals surface area contributed by atoms with Crippen LogP contribution in [0.25, 0.3) is 0 Å². The monoisotopic (exact) mass is 330 g/mol. The first-order valence-electron chi connectivity index (χ1n) is 8.47. The van der Waals surface area contributed by atoms with Crippen LogP contribution in [0.15, 0.2) is 24.3 Å². The summed E-state index contributed by atoms with van der Waals surface area (Å²) in [6.45, 7) is 1.43. The molecular formula is C18H22N2O4. The Kier molecular flexibility index (Phi) is 3.81. The lowest BCUT2D eigenvalue weighted by Crippen LogP contribution is -2.34. The Morgan fingerprint density at radius 2 is 1.67 bits per heavy atom. The van der Waals surface area contributed by atoms with Gasteiger partial charge in [0.25, 0.3) is 0 Å². The first-order valence-corrected chi connectivity index (χ1v) is 8.47. The molecular weight excluding hydrogens is 308 g/mol. The van der Waals surface area contributed by atoms with Gasteiger partial charge in [-0.25, -0.2) is 4.90 Å². The zero-order valence-electron chi connectivity index (χ0n) is 14.0. The molecule has 1 aromatic rings. The fourth-order valence-electron chi connectivity index (χ4n) is 4.00. The number of ether oxygens (including phenoxy) is 2. The molecule has 3 heterocycles. The molecule has 4 atom stereocenters. The lowest BCUT2D eigenvalue weighted by Gasteiger charge is -2.18. The van der Waals surface area contributed by atoms with Gasteiger partial charge in [-0.15, -0.1) is 0 Å². The van der Waals surface area contributed by atoms with E-state index in [-0.39, 0.29) is 35.9 Å². The van der Waals surface area contributed by atoms with E-state index < -0.39 is 0 Å². The van der Waals surface area contributed by atoms with E-state index in [0.717, 1.165) is 25.1 Å². The van der Waals surface area contributed by atoms with Crippen LogP contribution >= 0.6 is 0 Å². The zero-order chi connectivity index (χ0) is 16.8. The van der Waals surface area contributed by atoms with Crippen LogP contribution in [0.5, 0.6) is 5.75 Å². The molecule has 3 saturated heterocycles. The highest BCUT2D eigenvalue weighted by molar-refractivity contribution is 6.22. The second-order valence-corrected chi connectivity index (χ2v) is 7.00. The van der Waals surface area contributed by atoms with Crippen molar-refractivity contribution in [2.24, 2.45) is 11.8 Å². The van der Waals surface area contributed by atoms with Gasteiger partial charge in [0.15, 0.2) is 0 Å².